The molecule has 1 rings (SSSR count). The minimum atomic E-state index is -0.692. The number of hydrogen-bond acceptors (Lipinski definition) is 5. The van der Waals surface area contributed by atoms with Gasteiger partial charge in [-0.1, -0.05) is 65.8 Å². The minimum absolute atomic E-state index is 0.0281. The van der Waals surface area contributed by atoms with Gasteiger partial charge >= 0.3 is 0 Å². The van der Waals surface area contributed by atoms with Crippen molar-refractivity contribution in [3.8, 4) is 0 Å². The van der Waals surface area contributed by atoms with Crippen LogP contribution in [-0.2, 0) is 19.7 Å². The standard InChI is InChI=1S/C18H28O4.C2H6.CH2O/c1-5-10-21-11-16(19)12-22-13-17(20)14-6-8-15(9-7-14)18(2,3)4;2*1-2/h6-9,16,19H,5,10-13H2,1-4H3;1-2H3;1H2. The van der Waals surface area contributed by atoms with Gasteiger partial charge in [0.2, 0.25) is 0 Å². The summed E-state index contributed by atoms with van der Waals surface area (Å²) in [6.07, 6.45) is 0.221. The molecule has 1 N–H and O–H groups in total. The van der Waals surface area contributed by atoms with Gasteiger partial charge in [0.1, 0.15) is 19.5 Å². The smallest absolute Gasteiger partial charge is 0.188 e. The number of carbonyl (C=O) groups excluding carboxylic acids is 2. The highest BCUT2D eigenvalue weighted by atomic mass is 16.5. The molecule has 26 heavy (non-hydrogen) atoms. The highest BCUT2D eigenvalue weighted by Crippen LogP contribution is 2.22. The van der Waals surface area contributed by atoms with Crippen molar-refractivity contribution < 1.29 is 24.2 Å². The van der Waals surface area contributed by atoms with Crippen LogP contribution < -0.4 is 0 Å². The predicted octanol–water partition coefficient (Wildman–Crippen LogP) is 3.81. The number of hydrogen-bond donors (Lipinski definition) is 1. The van der Waals surface area contributed by atoms with Crippen LogP contribution in [0.25, 0.3) is 0 Å². The molecule has 0 saturated carbocycles. The van der Waals surface area contributed by atoms with E-state index in [9.17, 15) is 9.90 Å². The van der Waals surface area contributed by atoms with E-state index >= 15 is 0 Å². The van der Waals surface area contributed by atoms with Crippen molar-refractivity contribution in [3.63, 3.8) is 0 Å². The number of carbonyl (C=O) groups is 2. The summed E-state index contributed by atoms with van der Waals surface area (Å²) in [5.74, 6) is -0.0814. The number of aliphatic hydroxyl groups excluding tert-OH is 1. The Morgan fingerprint density at radius 1 is 1.08 bits per heavy atom. The average molecular weight is 369 g/mol. The zero-order valence-corrected chi connectivity index (χ0v) is 17.2. The van der Waals surface area contributed by atoms with Gasteiger partial charge in [0.15, 0.2) is 5.78 Å². The highest BCUT2D eigenvalue weighted by molar-refractivity contribution is 5.97. The Morgan fingerprint density at radius 2 is 1.58 bits per heavy atom. The number of Topliss-reactive ketones (excluding diaryl/α,β-unsaturated/α-hetero) is 1. The molecule has 5 nitrogen and oxygen atoms in total. The van der Waals surface area contributed by atoms with Crippen molar-refractivity contribution in [1.82, 2.24) is 0 Å². The first-order valence-electron chi connectivity index (χ1n) is 9.10. The van der Waals surface area contributed by atoms with Crippen LogP contribution >= 0.6 is 0 Å². The molecule has 0 saturated heterocycles. The maximum Gasteiger partial charge on any atom is 0.188 e. The van der Waals surface area contributed by atoms with Crippen LogP contribution in [0, 0.1) is 0 Å². The van der Waals surface area contributed by atoms with Crippen LogP contribution in [0.2, 0.25) is 0 Å². The summed E-state index contributed by atoms with van der Waals surface area (Å²) in [6, 6.07) is 7.60. The minimum Gasteiger partial charge on any atom is -0.388 e. The molecule has 0 aliphatic heterocycles. The first kappa shape index (κ1) is 26.7. The van der Waals surface area contributed by atoms with E-state index in [4.69, 9.17) is 14.3 Å². The van der Waals surface area contributed by atoms with Gasteiger partial charge in [0.05, 0.1) is 13.2 Å². The monoisotopic (exact) mass is 368 g/mol. The second-order valence-corrected chi connectivity index (χ2v) is 6.49. The third-order valence-corrected chi connectivity index (χ3v) is 3.27. The van der Waals surface area contributed by atoms with E-state index in [0.717, 1.165) is 6.42 Å². The summed E-state index contributed by atoms with van der Waals surface area (Å²) in [5, 5.41) is 9.62. The summed E-state index contributed by atoms with van der Waals surface area (Å²) in [5.41, 5.74) is 1.89. The van der Waals surface area contributed by atoms with E-state index in [-0.39, 0.29) is 31.0 Å². The lowest BCUT2D eigenvalue weighted by Crippen LogP contribution is -2.24. The van der Waals surface area contributed by atoms with Crippen molar-refractivity contribution in [2.75, 3.05) is 26.4 Å². The molecule has 150 valence electrons. The fourth-order valence-electron chi connectivity index (χ4n) is 1.94. The van der Waals surface area contributed by atoms with E-state index in [1.54, 1.807) is 0 Å². The molecule has 0 amide bonds. The van der Waals surface area contributed by atoms with Gasteiger partial charge in [-0.25, -0.2) is 0 Å². The van der Waals surface area contributed by atoms with E-state index in [1.165, 1.54) is 5.56 Å². The molecule has 0 fully saturated rings. The Hall–Kier alpha value is -1.56. The van der Waals surface area contributed by atoms with E-state index in [2.05, 4.69) is 20.8 Å². The quantitative estimate of drug-likeness (QED) is 0.530. The third kappa shape index (κ3) is 11.9. The highest BCUT2D eigenvalue weighted by Gasteiger charge is 2.14. The van der Waals surface area contributed by atoms with Crippen LogP contribution in [0.3, 0.4) is 0 Å². The molecular weight excluding hydrogens is 332 g/mol. The molecule has 1 aromatic carbocycles. The van der Waals surface area contributed by atoms with Crippen LogP contribution in [0.4, 0.5) is 0 Å². The lowest BCUT2D eigenvalue weighted by molar-refractivity contribution is -0.0980. The van der Waals surface area contributed by atoms with Gasteiger partial charge in [0, 0.05) is 12.2 Å². The number of aliphatic hydroxyl groups is 1. The second kappa shape index (κ2) is 15.7. The Morgan fingerprint density at radius 3 is 2.04 bits per heavy atom. The van der Waals surface area contributed by atoms with Crippen molar-refractivity contribution in [2.24, 2.45) is 0 Å². The van der Waals surface area contributed by atoms with Crippen LogP contribution in [0.1, 0.15) is 63.9 Å². The van der Waals surface area contributed by atoms with E-state index in [0.29, 0.717) is 12.2 Å². The predicted molar refractivity (Wildman–Crippen MR) is 106 cm³/mol. The molecule has 0 heterocycles. The largest absolute Gasteiger partial charge is 0.388 e. The van der Waals surface area contributed by atoms with Crippen molar-refractivity contribution in [2.45, 2.75) is 59.5 Å². The van der Waals surface area contributed by atoms with Gasteiger partial charge in [-0.2, -0.15) is 0 Å². The van der Waals surface area contributed by atoms with Crippen LogP contribution in [0.5, 0.6) is 0 Å². The summed E-state index contributed by atoms with van der Waals surface area (Å²) in [4.78, 5) is 20.0. The molecule has 1 unspecified atom stereocenters. The molecular formula is C21H36O5. The van der Waals surface area contributed by atoms with Crippen molar-refractivity contribution in [1.29, 1.82) is 0 Å². The van der Waals surface area contributed by atoms with Crippen LogP contribution in [-0.4, -0.2) is 50.2 Å². The van der Waals surface area contributed by atoms with Gasteiger partial charge in [-0.15, -0.1) is 0 Å². The fourth-order valence-corrected chi connectivity index (χ4v) is 1.94. The lowest BCUT2D eigenvalue weighted by atomic mass is 9.86. The third-order valence-electron chi connectivity index (χ3n) is 3.27. The summed E-state index contributed by atoms with van der Waals surface area (Å²) < 4.78 is 10.5. The molecule has 5 heteroatoms. The number of benzene rings is 1. The molecule has 0 bridgehead atoms. The maximum absolute atomic E-state index is 12.0. The van der Waals surface area contributed by atoms with E-state index < -0.39 is 6.10 Å². The topological polar surface area (TPSA) is 72.8 Å². The fraction of sp³-hybridized carbons (Fsp3) is 0.619. The number of ketones is 1. The molecule has 0 aromatic heterocycles. The zero-order chi connectivity index (χ0) is 20.6. The van der Waals surface area contributed by atoms with Gasteiger partial charge in [0.25, 0.3) is 0 Å². The molecule has 0 aliphatic carbocycles. The number of ether oxygens (including phenoxy) is 2. The molecule has 0 aliphatic rings. The normalized spacial score (nSPS) is 11.5. The molecule has 0 radical (unpaired) electrons. The zero-order valence-electron chi connectivity index (χ0n) is 17.2. The summed E-state index contributed by atoms with van der Waals surface area (Å²) >= 11 is 0. The SMILES string of the molecule is C=O.CC.CCCOCC(O)COCC(=O)c1ccc(C(C)(C)C)cc1. The van der Waals surface area contributed by atoms with Crippen LogP contribution in [0.15, 0.2) is 24.3 Å². The first-order chi connectivity index (χ1) is 12.3. The Labute approximate surface area is 158 Å². The lowest BCUT2D eigenvalue weighted by Gasteiger charge is -2.19. The van der Waals surface area contributed by atoms with E-state index in [1.807, 2.05) is 51.8 Å². The second-order valence-electron chi connectivity index (χ2n) is 6.49. The summed E-state index contributed by atoms with van der Waals surface area (Å²) in [6.45, 7) is 15.3. The van der Waals surface area contributed by atoms with Gasteiger partial charge in [-0.3, -0.25) is 4.79 Å². The van der Waals surface area contributed by atoms with Gasteiger partial charge < -0.3 is 19.4 Å². The average Bonchev–Trinajstić information content (AvgIpc) is 2.64. The summed E-state index contributed by atoms with van der Waals surface area (Å²) in [7, 11) is 0. The maximum atomic E-state index is 12.0. The number of rotatable bonds is 9. The first-order valence-corrected chi connectivity index (χ1v) is 9.10. The Balaban J connectivity index is 0. The van der Waals surface area contributed by atoms with Gasteiger partial charge in [-0.05, 0) is 17.4 Å². The van der Waals surface area contributed by atoms with Crippen molar-refractivity contribution >= 4 is 12.6 Å². The molecule has 0 spiro atoms. The Bertz CT molecular complexity index is 462. The van der Waals surface area contributed by atoms with Crippen molar-refractivity contribution in [3.05, 3.63) is 35.4 Å². The molecule has 1 atom stereocenters. The molecule has 1 aromatic rings. The Kier molecular flexibility index (Phi) is 16.1.